The third kappa shape index (κ3) is 3.48. The molecule has 0 fully saturated rings. The van der Waals surface area contributed by atoms with Crippen LogP contribution in [0.4, 0.5) is 0 Å². The molecule has 0 aliphatic heterocycles. The lowest BCUT2D eigenvalue weighted by molar-refractivity contribution is 0.198. The number of methoxy groups -OCH3 is 2. The molecule has 0 saturated heterocycles. The van der Waals surface area contributed by atoms with Gasteiger partial charge in [-0.1, -0.05) is 18.2 Å². The van der Waals surface area contributed by atoms with Crippen molar-refractivity contribution in [3.63, 3.8) is 0 Å². The average Bonchev–Trinajstić information content (AvgIpc) is 2.24. The highest BCUT2D eigenvalue weighted by Gasteiger charge is 2.00. The zero-order valence-corrected chi connectivity index (χ0v) is 8.88. The highest BCUT2D eigenvalue weighted by atomic mass is 16.5. The summed E-state index contributed by atoms with van der Waals surface area (Å²) in [6.07, 6.45) is 1.91. The van der Waals surface area contributed by atoms with Crippen LogP contribution in [0.3, 0.4) is 0 Å². The van der Waals surface area contributed by atoms with E-state index in [1.54, 1.807) is 14.2 Å². The van der Waals surface area contributed by atoms with E-state index in [4.69, 9.17) is 9.47 Å². The maximum atomic E-state index is 5.06. The van der Waals surface area contributed by atoms with Crippen LogP contribution in [0.1, 0.15) is 11.1 Å². The SMILES string of the molecule is COCCc1c[c]ccc1CCOC. The normalized spacial score (nSPS) is 10.4. The Morgan fingerprint density at radius 2 is 1.71 bits per heavy atom. The Balaban J connectivity index is 2.60. The van der Waals surface area contributed by atoms with Gasteiger partial charge in [-0.2, -0.15) is 0 Å². The van der Waals surface area contributed by atoms with Crippen molar-refractivity contribution >= 4 is 0 Å². The average molecular weight is 193 g/mol. The standard InChI is InChI=1S/C12H17O2/c1-13-9-7-11-5-3-4-6-12(11)8-10-14-2/h3,5-6H,7-10H2,1-2H3. The molecular weight excluding hydrogens is 176 g/mol. The second kappa shape index (κ2) is 6.57. The van der Waals surface area contributed by atoms with Gasteiger partial charge >= 0.3 is 0 Å². The van der Waals surface area contributed by atoms with Gasteiger partial charge < -0.3 is 9.47 Å². The van der Waals surface area contributed by atoms with E-state index in [-0.39, 0.29) is 0 Å². The van der Waals surface area contributed by atoms with E-state index in [0.29, 0.717) is 0 Å². The number of ether oxygens (including phenoxy) is 2. The first kappa shape index (κ1) is 11.2. The summed E-state index contributed by atoms with van der Waals surface area (Å²) in [7, 11) is 3.45. The molecule has 0 N–H and O–H groups in total. The van der Waals surface area contributed by atoms with Crippen molar-refractivity contribution in [3.05, 3.63) is 35.4 Å². The Morgan fingerprint density at radius 1 is 1.07 bits per heavy atom. The topological polar surface area (TPSA) is 18.5 Å². The first-order valence-corrected chi connectivity index (χ1v) is 4.84. The Bertz CT molecular complexity index is 231. The maximum absolute atomic E-state index is 5.06. The first-order chi connectivity index (χ1) is 6.88. The Morgan fingerprint density at radius 3 is 2.36 bits per heavy atom. The molecule has 14 heavy (non-hydrogen) atoms. The van der Waals surface area contributed by atoms with Crippen LogP contribution in [0.15, 0.2) is 18.2 Å². The van der Waals surface area contributed by atoms with E-state index in [0.717, 1.165) is 26.1 Å². The smallest absolute Gasteiger partial charge is 0.0502 e. The Labute approximate surface area is 85.8 Å². The van der Waals surface area contributed by atoms with Gasteiger partial charge in [0.25, 0.3) is 0 Å². The van der Waals surface area contributed by atoms with Gasteiger partial charge in [-0.25, -0.2) is 0 Å². The minimum absolute atomic E-state index is 0.762. The van der Waals surface area contributed by atoms with Crippen molar-refractivity contribution < 1.29 is 9.47 Å². The van der Waals surface area contributed by atoms with Crippen LogP contribution < -0.4 is 0 Å². The van der Waals surface area contributed by atoms with Crippen molar-refractivity contribution in [2.45, 2.75) is 12.8 Å². The fourth-order valence-electron chi connectivity index (χ4n) is 1.40. The molecule has 0 unspecified atom stereocenters. The van der Waals surface area contributed by atoms with Gasteiger partial charge in [0, 0.05) is 14.2 Å². The summed E-state index contributed by atoms with van der Waals surface area (Å²) in [6, 6.07) is 9.17. The number of hydrogen-bond acceptors (Lipinski definition) is 2. The van der Waals surface area contributed by atoms with Crippen molar-refractivity contribution in [1.29, 1.82) is 0 Å². The highest BCUT2D eigenvalue weighted by Crippen LogP contribution is 2.10. The van der Waals surface area contributed by atoms with Crippen LogP contribution in [0.2, 0.25) is 0 Å². The molecule has 0 saturated carbocycles. The lowest BCUT2D eigenvalue weighted by Crippen LogP contribution is -2.02. The molecule has 0 atom stereocenters. The van der Waals surface area contributed by atoms with E-state index in [2.05, 4.69) is 12.1 Å². The van der Waals surface area contributed by atoms with Crippen LogP contribution in [-0.4, -0.2) is 27.4 Å². The van der Waals surface area contributed by atoms with E-state index in [1.165, 1.54) is 11.1 Å². The first-order valence-electron chi connectivity index (χ1n) is 4.84. The number of rotatable bonds is 6. The molecule has 77 valence electrons. The zero-order chi connectivity index (χ0) is 10.2. The van der Waals surface area contributed by atoms with Crippen LogP contribution in [0, 0.1) is 6.07 Å². The lowest BCUT2D eigenvalue weighted by Gasteiger charge is -2.07. The van der Waals surface area contributed by atoms with Gasteiger partial charge in [-0.15, -0.1) is 0 Å². The summed E-state index contributed by atoms with van der Waals surface area (Å²) >= 11 is 0. The predicted octanol–water partition coefficient (Wildman–Crippen LogP) is 1.86. The molecule has 1 radical (unpaired) electrons. The highest BCUT2D eigenvalue weighted by molar-refractivity contribution is 5.26. The molecule has 2 heteroatoms. The molecule has 1 aromatic rings. The second-order valence-electron chi connectivity index (χ2n) is 3.18. The predicted molar refractivity (Wildman–Crippen MR) is 56.4 cm³/mol. The van der Waals surface area contributed by atoms with E-state index in [1.807, 2.05) is 12.1 Å². The minimum atomic E-state index is 0.762. The van der Waals surface area contributed by atoms with Crippen molar-refractivity contribution in [3.8, 4) is 0 Å². The van der Waals surface area contributed by atoms with Crippen LogP contribution in [0.5, 0.6) is 0 Å². The fraction of sp³-hybridized carbons (Fsp3) is 0.500. The molecule has 0 amide bonds. The molecular formula is C12H17O2. The molecule has 1 rings (SSSR count). The summed E-state index contributed by atoms with van der Waals surface area (Å²) in [4.78, 5) is 0. The van der Waals surface area contributed by atoms with Gasteiger partial charge in [0.2, 0.25) is 0 Å². The number of benzene rings is 1. The summed E-state index contributed by atoms with van der Waals surface area (Å²) < 4.78 is 10.1. The van der Waals surface area contributed by atoms with E-state index >= 15 is 0 Å². The molecule has 2 nitrogen and oxygen atoms in total. The summed E-state index contributed by atoms with van der Waals surface area (Å²) in [5.41, 5.74) is 2.65. The fourth-order valence-corrected chi connectivity index (χ4v) is 1.40. The van der Waals surface area contributed by atoms with Crippen molar-refractivity contribution in [2.75, 3.05) is 27.4 Å². The largest absolute Gasteiger partial charge is 0.384 e. The third-order valence-corrected chi connectivity index (χ3v) is 2.20. The van der Waals surface area contributed by atoms with Crippen molar-refractivity contribution in [2.24, 2.45) is 0 Å². The third-order valence-electron chi connectivity index (χ3n) is 2.20. The van der Waals surface area contributed by atoms with Crippen LogP contribution in [-0.2, 0) is 22.3 Å². The Hall–Kier alpha value is -0.860. The van der Waals surface area contributed by atoms with E-state index in [9.17, 15) is 0 Å². The Kier molecular flexibility index (Phi) is 5.27. The molecule has 0 spiro atoms. The number of hydrogen-bond donors (Lipinski definition) is 0. The minimum Gasteiger partial charge on any atom is -0.384 e. The second-order valence-corrected chi connectivity index (χ2v) is 3.18. The summed E-state index contributed by atoms with van der Waals surface area (Å²) in [6.45, 7) is 1.53. The molecule has 0 aliphatic carbocycles. The quantitative estimate of drug-likeness (QED) is 0.686. The van der Waals surface area contributed by atoms with Crippen molar-refractivity contribution in [1.82, 2.24) is 0 Å². The molecule has 1 aromatic carbocycles. The zero-order valence-electron chi connectivity index (χ0n) is 8.88. The van der Waals surface area contributed by atoms with Crippen LogP contribution >= 0.6 is 0 Å². The van der Waals surface area contributed by atoms with E-state index < -0.39 is 0 Å². The van der Waals surface area contributed by atoms with Crippen LogP contribution in [0.25, 0.3) is 0 Å². The van der Waals surface area contributed by atoms with Gasteiger partial charge in [0.15, 0.2) is 0 Å². The maximum Gasteiger partial charge on any atom is 0.0502 e. The van der Waals surface area contributed by atoms with Gasteiger partial charge in [0.1, 0.15) is 0 Å². The lowest BCUT2D eigenvalue weighted by atomic mass is 10.0. The molecule has 0 aromatic heterocycles. The molecule has 0 heterocycles. The molecule has 0 aliphatic rings. The van der Waals surface area contributed by atoms with Gasteiger partial charge in [-0.05, 0) is 30.0 Å². The van der Waals surface area contributed by atoms with Gasteiger partial charge in [0.05, 0.1) is 13.2 Å². The summed E-state index contributed by atoms with van der Waals surface area (Å²) in [5.74, 6) is 0. The van der Waals surface area contributed by atoms with Gasteiger partial charge in [-0.3, -0.25) is 0 Å². The monoisotopic (exact) mass is 193 g/mol. The summed E-state index contributed by atoms with van der Waals surface area (Å²) in [5, 5.41) is 0. The molecule has 0 bridgehead atoms.